The first-order valence-corrected chi connectivity index (χ1v) is 6.40. The quantitative estimate of drug-likeness (QED) is 0.667. The number of aryl methyl sites for hydroxylation is 1. The van der Waals surface area contributed by atoms with Crippen LogP contribution in [0, 0.1) is 6.92 Å². The minimum absolute atomic E-state index is 0.381. The van der Waals surface area contributed by atoms with Crippen molar-refractivity contribution in [2.75, 3.05) is 18.2 Å². The second kappa shape index (κ2) is 5.84. The van der Waals surface area contributed by atoms with Crippen molar-refractivity contribution >= 4 is 34.6 Å². The highest BCUT2D eigenvalue weighted by molar-refractivity contribution is 6.30. The van der Waals surface area contributed by atoms with Crippen molar-refractivity contribution in [1.29, 1.82) is 0 Å². The zero-order valence-electron chi connectivity index (χ0n) is 11.2. The molecular formula is C15H15ClN2O2. The van der Waals surface area contributed by atoms with E-state index in [0.717, 1.165) is 11.3 Å². The van der Waals surface area contributed by atoms with Crippen molar-refractivity contribution < 1.29 is 9.53 Å². The molecule has 0 aromatic heterocycles. The summed E-state index contributed by atoms with van der Waals surface area (Å²) in [6.07, 6.45) is 0. The number of anilines is 3. The van der Waals surface area contributed by atoms with Gasteiger partial charge in [0.2, 0.25) is 0 Å². The third-order valence-corrected chi connectivity index (χ3v) is 3.15. The third kappa shape index (κ3) is 3.03. The number of hydrogen-bond donors (Lipinski definition) is 2. The minimum Gasteiger partial charge on any atom is -0.465 e. The molecule has 0 aliphatic carbocycles. The fraction of sp³-hybridized carbons (Fsp3) is 0.133. The Balaban J connectivity index is 2.43. The zero-order chi connectivity index (χ0) is 14.7. The van der Waals surface area contributed by atoms with Crippen molar-refractivity contribution in [3.05, 3.63) is 52.5 Å². The molecule has 20 heavy (non-hydrogen) atoms. The number of nitrogens with one attached hydrogen (secondary N) is 1. The molecule has 0 heterocycles. The molecule has 0 saturated heterocycles. The van der Waals surface area contributed by atoms with Crippen LogP contribution in [0.3, 0.4) is 0 Å². The van der Waals surface area contributed by atoms with Gasteiger partial charge in [-0.25, -0.2) is 4.79 Å². The van der Waals surface area contributed by atoms with Crippen molar-refractivity contribution in [2.24, 2.45) is 0 Å². The molecule has 104 valence electrons. The topological polar surface area (TPSA) is 64.3 Å². The summed E-state index contributed by atoms with van der Waals surface area (Å²) in [5, 5.41) is 3.80. The molecule has 0 bridgehead atoms. The monoisotopic (exact) mass is 290 g/mol. The summed E-state index contributed by atoms with van der Waals surface area (Å²) in [5.41, 5.74) is 9.05. The van der Waals surface area contributed by atoms with Crippen molar-refractivity contribution in [3.63, 3.8) is 0 Å². The Morgan fingerprint density at radius 2 is 1.95 bits per heavy atom. The van der Waals surface area contributed by atoms with Gasteiger partial charge in [0.15, 0.2) is 0 Å². The van der Waals surface area contributed by atoms with Gasteiger partial charge in [-0.3, -0.25) is 0 Å². The maximum Gasteiger partial charge on any atom is 0.340 e. The first-order chi connectivity index (χ1) is 9.51. The standard InChI is InChI=1S/C15H15ClN2O2/c1-9-3-4-10(16)7-14(9)18-13-6-5-11(17)8-12(13)15(19)20-2/h3-8,18H,17H2,1-2H3. The molecule has 0 aliphatic heterocycles. The Bertz CT molecular complexity index is 656. The lowest BCUT2D eigenvalue weighted by Gasteiger charge is -2.13. The van der Waals surface area contributed by atoms with E-state index in [1.165, 1.54) is 7.11 Å². The Morgan fingerprint density at radius 1 is 1.20 bits per heavy atom. The maximum absolute atomic E-state index is 11.8. The van der Waals surface area contributed by atoms with Crippen LogP contribution in [0.4, 0.5) is 17.1 Å². The lowest BCUT2D eigenvalue weighted by atomic mass is 10.1. The van der Waals surface area contributed by atoms with Gasteiger partial charge in [0.25, 0.3) is 0 Å². The van der Waals surface area contributed by atoms with Gasteiger partial charge in [-0.2, -0.15) is 0 Å². The lowest BCUT2D eigenvalue weighted by Crippen LogP contribution is -2.07. The second-order valence-electron chi connectivity index (χ2n) is 4.38. The summed E-state index contributed by atoms with van der Waals surface area (Å²) in [6.45, 7) is 1.95. The molecule has 2 aromatic rings. The van der Waals surface area contributed by atoms with E-state index >= 15 is 0 Å². The number of halogens is 1. The van der Waals surface area contributed by atoms with Gasteiger partial charge in [0, 0.05) is 16.4 Å². The van der Waals surface area contributed by atoms with Crippen LogP contribution in [0.15, 0.2) is 36.4 Å². The summed E-state index contributed by atoms with van der Waals surface area (Å²) >= 11 is 5.99. The Morgan fingerprint density at radius 3 is 2.65 bits per heavy atom. The molecule has 2 aromatic carbocycles. The van der Waals surface area contributed by atoms with E-state index in [1.54, 1.807) is 24.3 Å². The molecule has 0 fully saturated rings. The highest BCUT2D eigenvalue weighted by atomic mass is 35.5. The molecular weight excluding hydrogens is 276 g/mol. The Labute approximate surface area is 122 Å². The fourth-order valence-corrected chi connectivity index (χ4v) is 2.00. The van der Waals surface area contributed by atoms with Gasteiger partial charge >= 0.3 is 5.97 Å². The predicted octanol–water partition coefficient (Wildman–Crippen LogP) is 3.76. The minimum atomic E-state index is -0.445. The average molecular weight is 291 g/mol. The molecule has 0 unspecified atom stereocenters. The van der Waals surface area contributed by atoms with Crippen LogP contribution in [0.5, 0.6) is 0 Å². The summed E-state index contributed by atoms with van der Waals surface area (Å²) in [5.74, 6) is -0.445. The largest absolute Gasteiger partial charge is 0.465 e. The number of carbonyl (C=O) groups excluding carboxylic acids is 1. The Kier molecular flexibility index (Phi) is 4.15. The summed E-state index contributed by atoms with van der Waals surface area (Å²) in [6, 6.07) is 10.5. The molecule has 2 rings (SSSR count). The lowest BCUT2D eigenvalue weighted by molar-refractivity contribution is 0.0602. The van der Waals surface area contributed by atoms with Crippen LogP contribution >= 0.6 is 11.6 Å². The number of rotatable bonds is 3. The number of hydrogen-bond acceptors (Lipinski definition) is 4. The predicted molar refractivity (Wildman–Crippen MR) is 81.7 cm³/mol. The SMILES string of the molecule is COC(=O)c1cc(N)ccc1Nc1cc(Cl)ccc1C. The summed E-state index contributed by atoms with van der Waals surface area (Å²) in [7, 11) is 1.33. The molecule has 0 aliphatic rings. The van der Waals surface area contributed by atoms with E-state index in [4.69, 9.17) is 22.1 Å². The molecule has 4 nitrogen and oxygen atoms in total. The van der Waals surface area contributed by atoms with Gasteiger partial charge < -0.3 is 15.8 Å². The Hall–Kier alpha value is -2.20. The first kappa shape index (κ1) is 14.2. The third-order valence-electron chi connectivity index (χ3n) is 2.92. The molecule has 5 heteroatoms. The van der Waals surface area contributed by atoms with Gasteiger partial charge in [0.05, 0.1) is 18.4 Å². The smallest absolute Gasteiger partial charge is 0.340 e. The fourth-order valence-electron chi connectivity index (χ4n) is 1.82. The van der Waals surface area contributed by atoms with Crippen molar-refractivity contribution in [3.8, 4) is 0 Å². The van der Waals surface area contributed by atoms with Gasteiger partial charge in [-0.05, 0) is 42.8 Å². The van der Waals surface area contributed by atoms with Crippen molar-refractivity contribution in [1.82, 2.24) is 0 Å². The maximum atomic E-state index is 11.8. The normalized spacial score (nSPS) is 10.2. The van der Waals surface area contributed by atoms with E-state index in [-0.39, 0.29) is 0 Å². The number of nitrogens with two attached hydrogens (primary N) is 1. The molecule has 0 atom stereocenters. The van der Waals surface area contributed by atoms with E-state index in [1.807, 2.05) is 19.1 Å². The van der Waals surface area contributed by atoms with Crippen LogP contribution in [0.25, 0.3) is 0 Å². The summed E-state index contributed by atoms with van der Waals surface area (Å²) < 4.78 is 4.76. The molecule has 0 amide bonds. The van der Waals surface area contributed by atoms with Gasteiger partial charge in [-0.1, -0.05) is 17.7 Å². The van der Waals surface area contributed by atoms with E-state index in [2.05, 4.69) is 5.32 Å². The number of benzene rings is 2. The number of carbonyl (C=O) groups is 1. The molecule has 0 radical (unpaired) electrons. The van der Waals surface area contributed by atoms with Crippen LogP contribution in [-0.2, 0) is 4.74 Å². The number of nitrogen functional groups attached to an aromatic ring is 1. The van der Waals surface area contributed by atoms with Gasteiger partial charge in [-0.15, -0.1) is 0 Å². The number of esters is 1. The van der Waals surface area contributed by atoms with Crippen LogP contribution < -0.4 is 11.1 Å². The highest BCUT2D eigenvalue weighted by Gasteiger charge is 2.13. The highest BCUT2D eigenvalue weighted by Crippen LogP contribution is 2.27. The second-order valence-corrected chi connectivity index (χ2v) is 4.82. The van der Waals surface area contributed by atoms with E-state index < -0.39 is 5.97 Å². The van der Waals surface area contributed by atoms with E-state index in [0.29, 0.717) is 22.0 Å². The average Bonchev–Trinajstić information content (AvgIpc) is 2.43. The van der Waals surface area contributed by atoms with E-state index in [9.17, 15) is 4.79 Å². The number of methoxy groups -OCH3 is 1. The van der Waals surface area contributed by atoms with Gasteiger partial charge in [0.1, 0.15) is 0 Å². The molecule has 3 N–H and O–H groups in total. The van der Waals surface area contributed by atoms with Crippen LogP contribution in [0.2, 0.25) is 5.02 Å². The first-order valence-electron chi connectivity index (χ1n) is 6.02. The molecule has 0 spiro atoms. The van der Waals surface area contributed by atoms with Crippen molar-refractivity contribution in [2.45, 2.75) is 6.92 Å². The zero-order valence-corrected chi connectivity index (χ0v) is 12.0. The summed E-state index contributed by atoms with van der Waals surface area (Å²) in [4.78, 5) is 11.8. The van der Waals surface area contributed by atoms with Crippen LogP contribution in [0.1, 0.15) is 15.9 Å². The van der Waals surface area contributed by atoms with Crippen LogP contribution in [-0.4, -0.2) is 13.1 Å². The molecule has 0 saturated carbocycles. The number of ether oxygens (including phenoxy) is 1.